The summed E-state index contributed by atoms with van der Waals surface area (Å²) in [5.74, 6) is -0.358. The molecule has 2 rings (SSSR count). The minimum absolute atomic E-state index is 0. The maximum Gasteiger partial charge on any atom is 0.224 e. The number of carbonyl (C=O) groups excluding carboxylic acids is 1. The van der Waals surface area contributed by atoms with Crippen molar-refractivity contribution in [2.75, 3.05) is 13.1 Å². The average molecular weight is 293 g/mol. The van der Waals surface area contributed by atoms with Crippen LogP contribution in [0.5, 0.6) is 0 Å². The van der Waals surface area contributed by atoms with Gasteiger partial charge in [-0.15, -0.1) is 12.4 Å². The van der Waals surface area contributed by atoms with Gasteiger partial charge in [-0.05, 0) is 30.7 Å². The van der Waals surface area contributed by atoms with E-state index >= 15 is 0 Å². The third-order valence-electron chi connectivity index (χ3n) is 2.88. The van der Waals surface area contributed by atoms with Gasteiger partial charge in [0.25, 0.3) is 0 Å². The Hall–Kier alpha value is -0.840. The molecule has 1 amide bonds. The smallest absolute Gasteiger partial charge is 0.224 e. The van der Waals surface area contributed by atoms with Crippen LogP contribution in [0.3, 0.4) is 0 Å². The van der Waals surface area contributed by atoms with Gasteiger partial charge < -0.3 is 10.6 Å². The van der Waals surface area contributed by atoms with E-state index in [1.54, 1.807) is 6.07 Å². The van der Waals surface area contributed by atoms with Gasteiger partial charge in [0.05, 0.1) is 10.9 Å². The van der Waals surface area contributed by atoms with Gasteiger partial charge >= 0.3 is 0 Å². The number of halogens is 3. The minimum Gasteiger partial charge on any atom is -0.352 e. The summed E-state index contributed by atoms with van der Waals surface area (Å²) in [7, 11) is 0. The Labute approximate surface area is 116 Å². The lowest BCUT2D eigenvalue weighted by Gasteiger charge is -2.10. The van der Waals surface area contributed by atoms with E-state index in [1.165, 1.54) is 12.1 Å². The molecule has 1 atom stereocenters. The normalized spacial score (nSPS) is 18.2. The quantitative estimate of drug-likeness (QED) is 0.896. The zero-order valence-electron chi connectivity index (χ0n) is 9.71. The van der Waals surface area contributed by atoms with Crippen molar-refractivity contribution in [1.29, 1.82) is 0 Å². The molecule has 1 saturated heterocycles. The third-order valence-corrected chi connectivity index (χ3v) is 3.17. The van der Waals surface area contributed by atoms with E-state index in [0.717, 1.165) is 25.1 Å². The van der Waals surface area contributed by atoms with E-state index in [1.807, 2.05) is 0 Å². The topological polar surface area (TPSA) is 41.1 Å². The molecule has 0 bridgehead atoms. The molecule has 3 nitrogen and oxygen atoms in total. The summed E-state index contributed by atoms with van der Waals surface area (Å²) >= 11 is 5.66. The average Bonchev–Trinajstić information content (AvgIpc) is 2.84. The molecule has 18 heavy (non-hydrogen) atoms. The molecular weight excluding hydrogens is 278 g/mol. The van der Waals surface area contributed by atoms with Crippen molar-refractivity contribution in [1.82, 2.24) is 10.6 Å². The molecule has 0 spiro atoms. The Morgan fingerprint density at radius 3 is 2.94 bits per heavy atom. The van der Waals surface area contributed by atoms with Gasteiger partial charge in [0, 0.05) is 13.1 Å². The Morgan fingerprint density at radius 1 is 1.56 bits per heavy atom. The maximum atomic E-state index is 12.9. The van der Waals surface area contributed by atoms with Gasteiger partial charge in [-0.3, -0.25) is 4.79 Å². The van der Waals surface area contributed by atoms with Crippen molar-refractivity contribution < 1.29 is 9.18 Å². The molecule has 1 aromatic rings. The molecule has 1 fully saturated rings. The highest BCUT2D eigenvalue weighted by Crippen LogP contribution is 2.16. The van der Waals surface area contributed by atoms with Crippen LogP contribution in [-0.4, -0.2) is 19.0 Å². The van der Waals surface area contributed by atoms with Crippen molar-refractivity contribution in [2.24, 2.45) is 5.92 Å². The van der Waals surface area contributed by atoms with Crippen LogP contribution < -0.4 is 10.6 Å². The van der Waals surface area contributed by atoms with Crippen LogP contribution in [0.1, 0.15) is 12.0 Å². The number of benzene rings is 1. The van der Waals surface area contributed by atoms with Gasteiger partial charge in [0.15, 0.2) is 0 Å². The second kappa shape index (κ2) is 6.92. The molecule has 0 aliphatic carbocycles. The second-order valence-electron chi connectivity index (χ2n) is 4.16. The zero-order valence-corrected chi connectivity index (χ0v) is 11.3. The van der Waals surface area contributed by atoms with Gasteiger partial charge in [-0.25, -0.2) is 4.39 Å². The lowest BCUT2D eigenvalue weighted by atomic mass is 10.1. The largest absolute Gasteiger partial charge is 0.352 e. The van der Waals surface area contributed by atoms with Crippen molar-refractivity contribution in [2.45, 2.75) is 13.0 Å². The molecule has 1 heterocycles. The summed E-state index contributed by atoms with van der Waals surface area (Å²) in [5, 5.41) is 6.05. The predicted octanol–water partition coefficient (Wildman–Crippen LogP) is 2.13. The first-order chi connectivity index (χ1) is 8.16. The van der Waals surface area contributed by atoms with E-state index in [4.69, 9.17) is 11.6 Å². The molecular formula is C12H15Cl2FN2O. The number of carbonyl (C=O) groups is 1. The second-order valence-corrected chi connectivity index (χ2v) is 4.56. The first-order valence-corrected chi connectivity index (χ1v) is 5.97. The molecule has 1 aliphatic rings. The van der Waals surface area contributed by atoms with Crippen LogP contribution in [0.2, 0.25) is 5.02 Å². The van der Waals surface area contributed by atoms with Gasteiger partial charge in [-0.1, -0.05) is 17.7 Å². The first-order valence-electron chi connectivity index (χ1n) is 5.59. The number of hydrogen-bond acceptors (Lipinski definition) is 2. The fourth-order valence-corrected chi connectivity index (χ4v) is 2.06. The molecule has 100 valence electrons. The standard InChI is InChI=1S/C12H14ClFN2O.ClH/c13-10-5-8(1-2-11(10)14)6-16-12(17)9-3-4-15-7-9;/h1-2,5,9,15H,3-4,6-7H2,(H,16,17);1H. The first kappa shape index (κ1) is 15.2. The Balaban J connectivity index is 0.00000162. The van der Waals surface area contributed by atoms with Crippen molar-refractivity contribution in [3.05, 3.63) is 34.6 Å². The van der Waals surface area contributed by atoms with Crippen LogP contribution in [-0.2, 0) is 11.3 Å². The third kappa shape index (κ3) is 3.83. The molecule has 6 heteroatoms. The van der Waals surface area contributed by atoms with Crippen molar-refractivity contribution in [3.8, 4) is 0 Å². The lowest BCUT2D eigenvalue weighted by molar-refractivity contribution is -0.124. The Morgan fingerprint density at radius 2 is 2.33 bits per heavy atom. The summed E-state index contributed by atoms with van der Waals surface area (Å²) in [6, 6.07) is 4.46. The number of hydrogen-bond donors (Lipinski definition) is 2. The van der Waals surface area contributed by atoms with Crippen LogP contribution in [0, 0.1) is 11.7 Å². The van der Waals surface area contributed by atoms with E-state index < -0.39 is 5.82 Å². The van der Waals surface area contributed by atoms with Crippen LogP contribution in [0.15, 0.2) is 18.2 Å². The molecule has 2 N–H and O–H groups in total. The number of rotatable bonds is 3. The molecule has 0 radical (unpaired) electrons. The van der Waals surface area contributed by atoms with Gasteiger partial charge in [0.1, 0.15) is 5.82 Å². The molecule has 0 saturated carbocycles. The van der Waals surface area contributed by atoms with Crippen molar-refractivity contribution in [3.63, 3.8) is 0 Å². The molecule has 1 aromatic carbocycles. The van der Waals surface area contributed by atoms with Crippen LogP contribution in [0.25, 0.3) is 0 Å². The number of amides is 1. The highest BCUT2D eigenvalue weighted by Gasteiger charge is 2.21. The van der Waals surface area contributed by atoms with E-state index in [2.05, 4.69) is 10.6 Å². The fourth-order valence-electron chi connectivity index (χ4n) is 1.86. The zero-order chi connectivity index (χ0) is 12.3. The van der Waals surface area contributed by atoms with Crippen LogP contribution in [0.4, 0.5) is 4.39 Å². The highest BCUT2D eigenvalue weighted by molar-refractivity contribution is 6.30. The summed E-state index contributed by atoms with van der Waals surface area (Å²) in [6.45, 7) is 2.01. The van der Waals surface area contributed by atoms with Gasteiger partial charge in [0.2, 0.25) is 5.91 Å². The molecule has 1 aliphatic heterocycles. The highest BCUT2D eigenvalue weighted by atomic mass is 35.5. The van der Waals surface area contributed by atoms with Crippen LogP contribution >= 0.6 is 24.0 Å². The SMILES string of the molecule is Cl.O=C(NCc1ccc(F)c(Cl)c1)C1CCNC1. The Bertz CT molecular complexity index is 423. The summed E-state index contributed by atoms with van der Waals surface area (Å²) in [6.07, 6.45) is 0.871. The molecule has 0 aromatic heterocycles. The minimum atomic E-state index is -0.443. The predicted molar refractivity (Wildman–Crippen MR) is 71.5 cm³/mol. The lowest BCUT2D eigenvalue weighted by Crippen LogP contribution is -2.31. The van der Waals surface area contributed by atoms with E-state index in [0.29, 0.717) is 6.54 Å². The van der Waals surface area contributed by atoms with E-state index in [-0.39, 0.29) is 29.3 Å². The maximum absolute atomic E-state index is 12.9. The fraction of sp³-hybridized carbons (Fsp3) is 0.417. The monoisotopic (exact) mass is 292 g/mol. The summed E-state index contributed by atoms with van der Waals surface area (Å²) in [4.78, 5) is 11.7. The van der Waals surface area contributed by atoms with Gasteiger partial charge in [-0.2, -0.15) is 0 Å². The number of nitrogens with one attached hydrogen (secondary N) is 2. The summed E-state index contributed by atoms with van der Waals surface area (Å²) in [5.41, 5.74) is 0.802. The van der Waals surface area contributed by atoms with E-state index in [9.17, 15) is 9.18 Å². The molecule has 1 unspecified atom stereocenters. The van der Waals surface area contributed by atoms with Crippen molar-refractivity contribution >= 4 is 29.9 Å². The Kier molecular flexibility index (Phi) is 5.85. The summed E-state index contributed by atoms with van der Waals surface area (Å²) < 4.78 is 12.9.